The first-order valence-corrected chi connectivity index (χ1v) is 6.89. The van der Waals surface area contributed by atoms with E-state index in [9.17, 15) is 0 Å². The second-order valence-corrected chi connectivity index (χ2v) is 5.17. The molecule has 18 heavy (non-hydrogen) atoms. The van der Waals surface area contributed by atoms with E-state index in [0.717, 1.165) is 23.9 Å². The van der Waals surface area contributed by atoms with Gasteiger partial charge in [-0.3, -0.25) is 0 Å². The van der Waals surface area contributed by atoms with Gasteiger partial charge in [0.1, 0.15) is 5.01 Å². The van der Waals surface area contributed by atoms with Crippen LogP contribution in [-0.2, 0) is 11.3 Å². The minimum Gasteiger partial charge on any atom is -0.383 e. The van der Waals surface area contributed by atoms with E-state index in [1.54, 1.807) is 18.4 Å². The number of nitrogens with zero attached hydrogens (tertiary/aromatic N) is 1. The van der Waals surface area contributed by atoms with E-state index >= 15 is 0 Å². The summed E-state index contributed by atoms with van der Waals surface area (Å²) in [6.07, 6.45) is 0. The predicted octanol–water partition coefficient (Wildman–Crippen LogP) is 2.93. The fourth-order valence-electron chi connectivity index (χ4n) is 1.70. The highest BCUT2D eigenvalue weighted by Crippen LogP contribution is 2.21. The molecule has 2 aromatic rings. The van der Waals surface area contributed by atoms with Gasteiger partial charge in [-0.25, -0.2) is 4.98 Å². The van der Waals surface area contributed by atoms with Crippen LogP contribution in [0.25, 0.3) is 11.3 Å². The molecule has 1 heterocycles. The highest BCUT2D eigenvalue weighted by atomic mass is 32.1. The van der Waals surface area contributed by atoms with Crippen molar-refractivity contribution in [3.63, 3.8) is 0 Å². The highest BCUT2D eigenvalue weighted by Gasteiger charge is 2.05. The number of hydrogen-bond acceptors (Lipinski definition) is 4. The quantitative estimate of drug-likeness (QED) is 0.869. The molecule has 0 amide bonds. The van der Waals surface area contributed by atoms with Gasteiger partial charge in [-0.05, 0) is 6.92 Å². The van der Waals surface area contributed by atoms with Gasteiger partial charge >= 0.3 is 0 Å². The molecule has 1 aromatic carbocycles. The minimum absolute atomic E-state index is 0.346. The van der Waals surface area contributed by atoms with Crippen molar-refractivity contribution in [2.24, 2.45) is 0 Å². The molecule has 0 radical (unpaired) electrons. The maximum atomic E-state index is 5.09. The Bertz CT molecular complexity index is 470. The average molecular weight is 262 g/mol. The summed E-state index contributed by atoms with van der Waals surface area (Å²) in [6.45, 7) is 3.62. The normalized spacial score (nSPS) is 12.6. The third kappa shape index (κ3) is 3.63. The van der Waals surface area contributed by atoms with Crippen LogP contribution in [0.5, 0.6) is 0 Å². The zero-order valence-corrected chi connectivity index (χ0v) is 11.5. The molecule has 0 saturated carbocycles. The standard InChI is InChI=1S/C14H18N2OS/c1-11(9-17-2)15-8-14-16-13(10-18-14)12-6-4-3-5-7-12/h3-7,10-11,15H,8-9H2,1-2H3. The smallest absolute Gasteiger partial charge is 0.107 e. The van der Waals surface area contributed by atoms with Crippen LogP contribution in [0.4, 0.5) is 0 Å². The van der Waals surface area contributed by atoms with Crippen molar-refractivity contribution in [1.82, 2.24) is 10.3 Å². The Morgan fingerprint density at radius 2 is 2.11 bits per heavy atom. The maximum Gasteiger partial charge on any atom is 0.107 e. The van der Waals surface area contributed by atoms with Crippen LogP contribution in [0.3, 0.4) is 0 Å². The number of thiazole rings is 1. The van der Waals surface area contributed by atoms with Crippen LogP contribution in [0.1, 0.15) is 11.9 Å². The Morgan fingerprint density at radius 3 is 2.83 bits per heavy atom. The summed E-state index contributed by atoms with van der Waals surface area (Å²) in [6, 6.07) is 10.6. The van der Waals surface area contributed by atoms with Crippen molar-refractivity contribution in [3.05, 3.63) is 40.7 Å². The van der Waals surface area contributed by atoms with E-state index in [0.29, 0.717) is 6.04 Å². The molecule has 0 aliphatic heterocycles. The summed E-state index contributed by atoms with van der Waals surface area (Å²) >= 11 is 1.69. The van der Waals surface area contributed by atoms with Gasteiger partial charge in [0, 0.05) is 30.6 Å². The molecule has 3 nitrogen and oxygen atoms in total. The van der Waals surface area contributed by atoms with Crippen molar-refractivity contribution in [2.45, 2.75) is 19.5 Å². The summed E-state index contributed by atoms with van der Waals surface area (Å²) in [5, 5.41) is 6.60. The number of aromatic nitrogens is 1. The third-order valence-corrected chi connectivity index (χ3v) is 3.49. The van der Waals surface area contributed by atoms with Gasteiger partial charge in [0.2, 0.25) is 0 Å². The van der Waals surface area contributed by atoms with Crippen molar-refractivity contribution < 1.29 is 4.74 Å². The van der Waals surface area contributed by atoms with Crippen LogP contribution in [0, 0.1) is 0 Å². The van der Waals surface area contributed by atoms with Crippen LogP contribution in [-0.4, -0.2) is 24.7 Å². The summed E-state index contributed by atoms with van der Waals surface area (Å²) in [5.41, 5.74) is 2.22. The lowest BCUT2D eigenvalue weighted by molar-refractivity contribution is 0.171. The Hall–Kier alpha value is -1.23. The lowest BCUT2D eigenvalue weighted by Gasteiger charge is -2.10. The lowest BCUT2D eigenvalue weighted by Crippen LogP contribution is -2.29. The zero-order valence-electron chi connectivity index (χ0n) is 10.7. The van der Waals surface area contributed by atoms with Crippen molar-refractivity contribution >= 4 is 11.3 Å². The average Bonchev–Trinajstić information content (AvgIpc) is 2.87. The number of benzene rings is 1. The summed E-state index contributed by atoms with van der Waals surface area (Å²) < 4.78 is 5.09. The molecule has 0 fully saturated rings. The molecule has 96 valence electrons. The van der Waals surface area contributed by atoms with Crippen molar-refractivity contribution in [3.8, 4) is 11.3 Å². The number of nitrogens with one attached hydrogen (secondary N) is 1. The molecule has 2 rings (SSSR count). The van der Waals surface area contributed by atoms with E-state index in [1.807, 2.05) is 18.2 Å². The molecule has 0 saturated heterocycles. The fourth-order valence-corrected chi connectivity index (χ4v) is 2.46. The Morgan fingerprint density at radius 1 is 1.33 bits per heavy atom. The first kappa shape index (κ1) is 13.2. The van der Waals surface area contributed by atoms with E-state index < -0.39 is 0 Å². The van der Waals surface area contributed by atoms with Crippen LogP contribution in [0.15, 0.2) is 35.7 Å². The van der Waals surface area contributed by atoms with E-state index in [2.05, 4.69) is 34.7 Å². The topological polar surface area (TPSA) is 34.1 Å². The molecule has 0 bridgehead atoms. The molecule has 0 aliphatic carbocycles. The number of methoxy groups -OCH3 is 1. The first-order valence-electron chi connectivity index (χ1n) is 6.01. The van der Waals surface area contributed by atoms with Gasteiger partial charge in [-0.15, -0.1) is 11.3 Å². The molecule has 0 spiro atoms. The molecular weight excluding hydrogens is 244 g/mol. The highest BCUT2D eigenvalue weighted by molar-refractivity contribution is 7.09. The van der Waals surface area contributed by atoms with E-state index in [4.69, 9.17) is 4.74 Å². The predicted molar refractivity (Wildman–Crippen MR) is 75.7 cm³/mol. The monoisotopic (exact) mass is 262 g/mol. The SMILES string of the molecule is COCC(C)NCc1nc(-c2ccccc2)cs1. The summed E-state index contributed by atoms with van der Waals surface area (Å²) in [5.74, 6) is 0. The molecular formula is C14H18N2OS. The lowest BCUT2D eigenvalue weighted by atomic mass is 10.2. The Balaban J connectivity index is 1.95. The third-order valence-electron chi connectivity index (χ3n) is 2.64. The zero-order chi connectivity index (χ0) is 12.8. The van der Waals surface area contributed by atoms with Gasteiger partial charge < -0.3 is 10.1 Å². The number of rotatable bonds is 6. The van der Waals surface area contributed by atoms with Crippen molar-refractivity contribution in [2.75, 3.05) is 13.7 Å². The molecule has 1 atom stereocenters. The molecule has 4 heteroatoms. The molecule has 0 aliphatic rings. The number of hydrogen-bond donors (Lipinski definition) is 1. The minimum atomic E-state index is 0.346. The van der Waals surface area contributed by atoms with Crippen LogP contribution in [0.2, 0.25) is 0 Å². The Kier molecular flexibility index (Phi) is 4.87. The molecule has 1 N–H and O–H groups in total. The van der Waals surface area contributed by atoms with Gasteiger partial charge in [0.25, 0.3) is 0 Å². The van der Waals surface area contributed by atoms with Crippen molar-refractivity contribution in [1.29, 1.82) is 0 Å². The largest absolute Gasteiger partial charge is 0.383 e. The van der Waals surface area contributed by atoms with Gasteiger partial charge in [-0.2, -0.15) is 0 Å². The van der Waals surface area contributed by atoms with E-state index in [1.165, 1.54) is 5.56 Å². The fraction of sp³-hybridized carbons (Fsp3) is 0.357. The molecule has 1 unspecified atom stereocenters. The van der Waals surface area contributed by atoms with E-state index in [-0.39, 0.29) is 0 Å². The van der Waals surface area contributed by atoms with Gasteiger partial charge in [0.15, 0.2) is 0 Å². The molecule has 1 aromatic heterocycles. The van der Waals surface area contributed by atoms with Gasteiger partial charge in [0.05, 0.1) is 12.3 Å². The summed E-state index contributed by atoms with van der Waals surface area (Å²) in [4.78, 5) is 4.63. The second-order valence-electron chi connectivity index (χ2n) is 4.23. The maximum absolute atomic E-state index is 5.09. The summed E-state index contributed by atoms with van der Waals surface area (Å²) in [7, 11) is 1.72. The first-order chi connectivity index (χ1) is 8.79. The van der Waals surface area contributed by atoms with Crippen LogP contribution < -0.4 is 5.32 Å². The second kappa shape index (κ2) is 6.64. The Labute approximate surface area is 112 Å². The number of ether oxygens (including phenoxy) is 1. The van der Waals surface area contributed by atoms with Gasteiger partial charge in [-0.1, -0.05) is 30.3 Å². The van der Waals surface area contributed by atoms with Crippen LogP contribution >= 0.6 is 11.3 Å².